The second kappa shape index (κ2) is 8.68. The van der Waals surface area contributed by atoms with Crippen molar-refractivity contribution in [2.75, 3.05) is 16.4 Å². The molecule has 1 aliphatic rings. The van der Waals surface area contributed by atoms with Crippen LogP contribution < -0.4 is 4.90 Å². The molecule has 1 saturated heterocycles. The summed E-state index contributed by atoms with van der Waals surface area (Å²) < 4.78 is 0.420. The Kier molecular flexibility index (Phi) is 7.18. The van der Waals surface area contributed by atoms with Gasteiger partial charge in [0.25, 0.3) is 0 Å². The Labute approximate surface area is 153 Å². The fraction of sp³-hybridized carbons (Fsp3) is 0.611. The molecule has 1 aliphatic heterocycles. The summed E-state index contributed by atoms with van der Waals surface area (Å²) in [6.45, 7) is 8.24. The third-order valence-corrected chi connectivity index (χ3v) is 7.82. The Morgan fingerprint density at radius 2 is 1.74 bits per heavy atom. The average Bonchev–Trinajstić information content (AvgIpc) is 3.09. The Bertz CT molecular complexity index is 522. The number of amides is 1. The van der Waals surface area contributed by atoms with Gasteiger partial charge in [-0.15, -0.1) is 35.1 Å². The lowest BCUT2D eigenvalue weighted by Crippen LogP contribution is -2.46. The number of rotatable bonds is 6. The lowest BCUT2D eigenvalue weighted by atomic mass is 10.0. The molecule has 128 valence electrons. The minimum atomic E-state index is -0.511. The van der Waals surface area contributed by atoms with Crippen molar-refractivity contribution in [2.24, 2.45) is 0 Å². The second-order valence-electron chi connectivity index (χ2n) is 5.81. The molecule has 2 rings (SSSR count). The van der Waals surface area contributed by atoms with Crippen LogP contribution in [-0.4, -0.2) is 33.4 Å². The molecule has 1 fully saturated rings. The number of hydrogen-bond acceptors (Lipinski definition) is 3. The van der Waals surface area contributed by atoms with E-state index >= 15 is 0 Å². The quantitative estimate of drug-likeness (QED) is 0.658. The van der Waals surface area contributed by atoms with Crippen LogP contribution in [0.3, 0.4) is 0 Å². The maximum absolute atomic E-state index is 13.0. The highest BCUT2D eigenvalue weighted by atomic mass is 35.5. The molecule has 2 nitrogen and oxygen atoms in total. The first-order valence-corrected chi connectivity index (χ1v) is 10.9. The van der Waals surface area contributed by atoms with Crippen molar-refractivity contribution in [3.05, 3.63) is 29.3 Å². The second-order valence-corrected chi connectivity index (χ2v) is 9.26. The van der Waals surface area contributed by atoms with Gasteiger partial charge in [0.2, 0.25) is 5.91 Å². The normalized spacial score (nSPS) is 18.0. The van der Waals surface area contributed by atoms with Crippen LogP contribution in [0.2, 0.25) is 0 Å². The van der Waals surface area contributed by atoms with Gasteiger partial charge < -0.3 is 4.90 Å². The van der Waals surface area contributed by atoms with Gasteiger partial charge in [0.1, 0.15) is 5.38 Å². The summed E-state index contributed by atoms with van der Waals surface area (Å²) in [5.74, 6) is 2.34. The van der Waals surface area contributed by atoms with Gasteiger partial charge in [-0.2, -0.15) is 0 Å². The van der Waals surface area contributed by atoms with E-state index in [1.54, 1.807) is 6.92 Å². The number of aryl methyl sites for hydroxylation is 2. The summed E-state index contributed by atoms with van der Waals surface area (Å²) in [6.07, 6.45) is 1.84. The third kappa shape index (κ3) is 4.21. The van der Waals surface area contributed by atoms with E-state index in [1.807, 2.05) is 28.4 Å². The first-order chi connectivity index (χ1) is 11.0. The van der Waals surface area contributed by atoms with Crippen molar-refractivity contribution in [1.82, 2.24) is 0 Å². The maximum Gasteiger partial charge on any atom is 0.245 e. The smallest absolute Gasteiger partial charge is 0.245 e. The van der Waals surface area contributed by atoms with Gasteiger partial charge in [0.05, 0.1) is 16.3 Å². The monoisotopic (exact) mass is 371 g/mol. The van der Waals surface area contributed by atoms with Crippen molar-refractivity contribution in [2.45, 2.75) is 56.5 Å². The van der Waals surface area contributed by atoms with Crippen LogP contribution in [0.15, 0.2) is 18.2 Å². The van der Waals surface area contributed by atoms with Crippen molar-refractivity contribution in [3.8, 4) is 0 Å². The lowest BCUT2D eigenvalue weighted by Gasteiger charge is -2.36. The number of carbonyl (C=O) groups excluding carboxylic acids is 1. The van der Waals surface area contributed by atoms with Crippen LogP contribution in [0.5, 0.6) is 0 Å². The van der Waals surface area contributed by atoms with Crippen LogP contribution in [0.25, 0.3) is 0 Å². The molecule has 0 aliphatic carbocycles. The van der Waals surface area contributed by atoms with Crippen LogP contribution in [-0.2, 0) is 17.6 Å². The fourth-order valence-corrected chi connectivity index (χ4v) is 6.11. The molecule has 2 atom stereocenters. The Hall–Kier alpha value is -0.320. The number of thioether (sulfide) groups is 2. The molecule has 1 amide bonds. The molecule has 5 heteroatoms. The Balaban J connectivity index is 2.51. The number of alkyl halides is 1. The SMILES string of the molecule is CCc1cccc(CC)c1N(C(=O)C(C)Cl)C(C)C1SCCS1. The van der Waals surface area contributed by atoms with Gasteiger partial charge in [-0.05, 0) is 37.8 Å². The van der Waals surface area contributed by atoms with Crippen molar-refractivity contribution < 1.29 is 4.79 Å². The van der Waals surface area contributed by atoms with E-state index in [1.165, 1.54) is 11.1 Å². The molecule has 0 spiro atoms. The van der Waals surface area contributed by atoms with Crippen molar-refractivity contribution in [1.29, 1.82) is 0 Å². The van der Waals surface area contributed by atoms with Crippen LogP contribution >= 0.6 is 35.1 Å². The number of halogens is 1. The molecule has 0 N–H and O–H groups in total. The standard InChI is InChI=1S/C18H26ClNOS2/c1-5-14-8-7-9-15(6-2)16(14)20(17(21)12(3)19)13(4)18-22-10-11-23-18/h7-9,12-13,18H,5-6,10-11H2,1-4H3. The Morgan fingerprint density at radius 1 is 1.22 bits per heavy atom. The first-order valence-electron chi connectivity index (χ1n) is 8.32. The molecule has 2 unspecified atom stereocenters. The molecule has 23 heavy (non-hydrogen) atoms. The van der Waals surface area contributed by atoms with Gasteiger partial charge in [0.15, 0.2) is 0 Å². The number of nitrogens with zero attached hydrogens (tertiary/aromatic N) is 1. The molecule has 0 saturated carbocycles. The topological polar surface area (TPSA) is 20.3 Å². The minimum Gasteiger partial charge on any atom is -0.306 e. The molecule has 1 aromatic carbocycles. The largest absolute Gasteiger partial charge is 0.306 e. The number of hydrogen-bond donors (Lipinski definition) is 0. The van der Waals surface area contributed by atoms with E-state index in [0.717, 1.165) is 30.0 Å². The summed E-state index contributed by atoms with van der Waals surface area (Å²) in [5.41, 5.74) is 3.56. The molecule has 0 radical (unpaired) electrons. The van der Waals surface area contributed by atoms with Crippen molar-refractivity contribution in [3.63, 3.8) is 0 Å². The number of benzene rings is 1. The van der Waals surface area contributed by atoms with E-state index < -0.39 is 5.38 Å². The predicted molar refractivity (Wildman–Crippen MR) is 106 cm³/mol. The van der Waals surface area contributed by atoms with Crippen LogP contribution in [0, 0.1) is 0 Å². The first kappa shape index (κ1) is 19.0. The predicted octanol–water partition coefficient (Wildman–Crippen LogP) is 4.97. The van der Waals surface area contributed by atoms with E-state index in [2.05, 4.69) is 39.0 Å². The molecule has 0 bridgehead atoms. The number of anilines is 1. The highest BCUT2D eigenvalue weighted by molar-refractivity contribution is 8.20. The van der Waals surface area contributed by atoms with Gasteiger partial charge in [-0.25, -0.2) is 0 Å². The number of para-hydroxylation sites is 1. The summed E-state index contributed by atoms with van der Waals surface area (Å²) in [6, 6.07) is 6.50. The summed E-state index contributed by atoms with van der Waals surface area (Å²) >= 11 is 10.1. The zero-order valence-electron chi connectivity index (χ0n) is 14.3. The van der Waals surface area contributed by atoms with E-state index in [0.29, 0.717) is 4.58 Å². The molecule has 1 aromatic rings. The lowest BCUT2D eigenvalue weighted by molar-refractivity contribution is -0.118. The van der Waals surface area contributed by atoms with E-state index in [-0.39, 0.29) is 11.9 Å². The van der Waals surface area contributed by atoms with Gasteiger partial charge in [-0.3, -0.25) is 4.79 Å². The zero-order valence-corrected chi connectivity index (χ0v) is 16.7. The van der Waals surface area contributed by atoms with Crippen LogP contribution in [0.4, 0.5) is 5.69 Å². The molecular formula is C18H26ClNOS2. The number of carbonyl (C=O) groups is 1. The van der Waals surface area contributed by atoms with Gasteiger partial charge in [0, 0.05) is 11.5 Å². The average molecular weight is 372 g/mol. The Morgan fingerprint density at radius 3 is 2.17 bits per heavy atom. The molecule has 1 heterocycles. The highest BCUT2D eigenvalue weighted by Crippen LogP contribution is 2.39. The maximum atomic E-state index is 13.0. The van der Waals surface area contributed by atoms with E-state index in [9.17, 15) is 4.79 Å². The summed E-state index contributed by atoms with van der Waals surface area (Å²) in [5, 5.41) is -0.511. The summed E-state index contributed by atoms with van der Waals surface area (Å²) in [4.78, 5) is 14.9. The third-order valence-electron chi connectivity index (χ3n) is 4.23. The van der Waals surface area contributed by atoms with Crippen molar-refractivity contribution >= 4 is 46.7 Å². The highest BCUT2D eigenvalue weighted by Gasteiger charge is 2.34. The zero-order chi connectivity index (χ0) is 17.0. The van der Waals surface area contributed by atoms with Crippen LogP contribution in [0.1, 0.15) is 38.8 Å². The minimum absolute atomic E-state index is 0.0165. The van der Waals surface area contributed by atoms with Gasteiger partial charge in [-0.1, -0.05) is 32.0 Å². The fourth-order valence-electron chi connectivity index (χ4n) is 3.01. The molecule has 0 aromatic heterocycles. The van der Waals surface area contributed by atoms with E-state index in [4.69, 9.17) is 11.6 Å². The summed E-state index contributed by atoms with van der Waals surface area (Å²) in [7, 11) is 0. The molecular weight excluding hydrogens is 346 g/mol. The van der Waals surface area contributed by atoms with Gasteiger partial charge >= 0.3 is 0 Å².